The van der Waals surface area contributed by atoms with E-state index in [1.807, 2.05) is 0 Å². The minimum atomic E-state index is 0.841. The van der Waals surface area contributed by atoms with Crippen molar-refractivity contribution in [3.8, 4) is 0 Å². The maximum Gasteiger partial charge on any atom is -0.0162 e. The zero-order valence-corrected chi connectivity index (χ0v) is 41.5. The fourth-order valence-corrected chi connectivity index (χ4v) is 14.5. The molecule has 6 saturated carbocycles. The lowest BCUT2D eigenvalue weighted by Crippen LogP contribution is -2.25. The van der Waals surface area contributed by atoms with Crippen molar-refractivity contribution < 1.29 is 0 Å². The molecule has 0 nitrogen and oxygen atoms in total. The molecule has 0 N–H and O–H groups in total. The van der Waals surface area contributed by atoms with Crippen molar-refractivity contribution in [2.24, 2.45) is 59.2 Å². The standard InChI is InChI=1S/C24H38.C22H34.C15H28/c1-3-5-19-7-11-21(12-8-19)23-15-17-24(18-16-23)22-13-9-20(6-4-2)10-14-22;1-3-4-18-7-11-20(12-8-18)22-15-13-21(14-16-22)19-9-5-17(2)6-10-19;1-3-13-6-10-15(11-7-13)14-8-4-12(2)5-9-14/h7-8,11-12,20,22-24H,3-6,9-10,13-18H2,1-2H3;5-6,9-10,18,20-22H,3-4,7-8,11-16H2,1-2H3;12-15H,3-11H2,1-2H3. The summed E-state index contributed by atoms with van der Waals surface area (Å²) in [5, 5.41) is 0. The average molecular weight is 833 g/mol. The first-order valence-electron chi connectivity index (χ1n) is 28.0. The van der Waals surface area contributed by atoms with Gasteiger partial charge in [-0.1, -0.05) is 179 Å². The fourth-order valence-electron chi connectivity index (χ4n) is 14.5. The molecule has 0 unspecified atom stereocenters. The molecule has 0 aliphatic heterocycles. The second-order valence-electron chi connectivity index (χ2n) is 23.0. The van der Waals surface area contributed by atoms with Crippen molar-refractivity contribution in [3.05, 3.63) is 70.8 Å². The van der Waals surface area contributed by atoms with Gasteiger partial charge in [-0.3, -0.25) is 0 Å². The third-order valence-corrected chi connectivity index (χ3v) is 18.8. The van der Waals surface area contributed by atoms with Gasteiger partial charge in [-0.2, -0.15) is 0 Å². The van der Waals surface area contributed by atoms with Gasteiger partial charge in [0.15, 0.2) is 0 Å². The summed E-state index contributed by atoms with van der Waals surface area (Å²) in [5.74, 6) is 12.3. The third-order valence-electron chi connectivity index (χ3n) is 18.8. The lowest BCUT2D eigenvalue weighted by atomic mass is 9.68. The summed E-state index contributed by atoms with van der Waals surface area (Å²) >= 11 is 0. The van der Waals surface area contributed by atoms with Crippen molar-refractivity contribution in [3.63, 3.8) is 0 Å². The van der Waals surface area contributed by atoms with E-state index in [2.05, 4.69) is 90.1 Å². The molecule has 0 aromatic heterocycles. The topological polar surface area (TPSA) is 0 Å². The smallest absolute Gasteiger partial charge is 0.0162 e. The van der Waals surface area contributed by atoms with Crippen LogP contribution in [-0.2, 0) is 6.42 Å². The van der Waals surface area contributed by atoms with Crippen LogP contribution in [0.15, 0.2) is 48.5 Å². The van der Waals surface area contributed by atoms with Crippen molar-refractivity contribution in [2.75, 3.05) is 0 Å². The first kappa shape index (κ1) is 48.9. The molecule has 6 fully saturated rings. The molecule has 0 spiro atoms. The van der Waals surface area contributed by atoms with E-state index in [9.17, 15) is 0 Å². The first-order valence-corrected chi connectivity index (χ1v) is 28.0. The summed E-state index contributed by atoms with van der Waals surface area (Å²) in [7, 11) is 0. The Bertz CT molecular complexity index is 1390. The lowest BCUT2D eigenvalue weighted by molar-refractivity contribution is 0.149. The zero-order chi connectivity index (χ0) is 42.8. The van der Waals surface area contributed by atoms with Crippen LogP contribution in [0.25, 0.3) is 0 Å². The van der Waals surface area contributed by atoms with Gasteiger partial charge in [-0.25, -0.2) is 0 Å². The van der Waals surface area contributed by atoms with E-state index in [4.69, 9.17) is 0 Å². The highest BCUT2D eigenvalue weighted by atomic mass is 14.4. The van der Waals surface area contributed by atoms with Gasteiger partial charge in [-0.15, -0.1) is 0 Å². The van der Waals surface area contributed by atoms with Crippen molar-refractivity contribution in [2.45, 2.75) is 252 Å². The Morgan fingerprint density at radius 1 is 0.361 bits per heavy atom. The quantitative estimate of drug-likeness (QED) is 0.200. The molecule has 8 rings (SSSR count). The molecule has 2 aromatic rings. The molecule has 0 bridgehead atoms. The van der Waals surface area contributed by atoms with E-state index in [-0.39, 0.29) is 0 Å². The van der Waals surface area contributed by atoms with Crippen LogP contribution >= 0.6 is 0 Å². The number of benzene rings is 2. The molecule has 0 heteroatoms. The Labute approximate surface area is 380 Å². The molecular formula is C61H100. The molecule has 0 saturated heterocycles. The van der Waals surface area contributed by atoms with Crippen LogP contribution < -0.4 is 0 Å². The van der Waals surface area contributed by atoms with Crippen LogP contribution in [0.1, 0.15) is 261 Å². The van der Waals surface area contributed by atoms with Gasteiger partial charge < -0.3 is 0 Å². The molecule has 0 amide bonds. The summed E-state index contributed by atoms with van der Waals surface area (Å²) < 4.78 is 0. The molecule has 344 valence electrons. The van der Waals surface area contributed by atoms with Crippen molar-refractivity contribution in [1.29, 1.82) is 0 Å². The van der Waals surface area contributed by atoms with Crippen molar-refractivity contribution in [1.82, 2.24) is 0 Å². The predicted molar refractivity (Wildman–Crippen MR) is 269 cm³/mol. The normalized spacial score (nSPS) is 34.6. The van der Waals surface area contributed by atoms with Crippen LogP contribution in [0, 0.1) is 66.1 Å². The fraction of sp³-hybridized carbons (Fsp3) is 0.803. The predicted octanol–water partition coefficient (Wildman–Crippen LogP) is 19.4. The molecule has 6 aliphatic rings. The van der Waals surface area contributed by atoms with E-state index in [0.29, 0.717) is 0 Å². The van der Waals surface area contributed by atoms with Gasteiger partial charge in [-0.05, 0) is 204 Å². The number of rotatable bonds is 12. The van der Waals surface area contributed by atoms with E-state index >= 15 is 0 Å². The molecular weight excluding hydrogens is 733 g/mol. The second kappa shape index (κ2) is 26.4. The minimum Gasteiger partial charge on any atom is -0.0654 e. The van der Waals surface area contributed by atoms with Crippen LogP contribution in [0.5, 0.6) is 0 Å². The van der Waals surface area contributed by atoms with E-state index in [1.54, 1.807) is 36.8 Å². The Kier molecular flexibility index (Phi) is 21.2. The van der Waals surface area contributed by atoms with Crippen LogP contribution in [0.3, 0.4) is 0 Å². The Morgan fingerprint density at radius 2 is 0.689 bits per heavy atom. The highest BCUT2D eigenvalue weighted by Crippen LogP contribution is 2.46. The number of aryl methyl sites for hydroxylation is 2. The van der Waals surface area contributed by atoms with Gasteiger partial charge in [0.2, 0.25) is 0 Å². The summed E-state index contributed by atoms with van der Waals surface area (Å²) in [5.41, 5.74) is 6.11. The molecule has 2 aromatic carbocycles. The summed E-state index contributed by atoms with van der Waals surface area (Å²) in [4.78, 5) is 0. The summed E-state index contributed by atoms with van der Waals surface area (Å²) in [6.07, 6.45) is 45.9. The Morgan fingerprint density at radius 3 is 1.03 bits per heavy atom. The van der Waals surface area contributed by atoms with Crippen LogP contribution in [0.4, 0.5) is 0 Å². The molecule has 6 aliphatic carbocycles. The largest absolute Gasteiger partial charge is 0.0654 e. The van der Waals surface area contributed by atoms with Gasteiger partial charge in [0.25, 0.3) is 0 Å². The van der Waals surface area contributed by atoms with E-state index in [1.165, 1.54) is 184 Å². The van der Waals surface area contributed by atoms with Crippen molar-refractivity contribution >= 4 is 0 Å². The maximum atomic E-state index is 2.43. The van der Waals surface area contributed by atoms with Crippen LogP contribution in [0.2, 0.25) is 0 Å². The van der Waals surface area contributed by atoms with E-state index in [0.717, 1.165) is 71.0 Å². The summed E-state index contributed by atoms with van der Waals surface area (Å²) in [6, 6.07) is 18.9. The monoisotopic (exact) mass is 833 g/mol. The minimum absolute atomic E-state index is 0.841. The Balaban J connectivity index is 0.000000157. The zero-order valence-electron chi connectivity index (χ0n) is 41.5. The van der Waals surface area contributed by atoms with Gasteiger partial charge in [0.05, 0.1) is 0 Å². The third kappa shape index (κ3) is 15.5. The molecule has 0 atom stereocenters. The lowest BCUT2D eigenvalue weighted by Gasteiger charge is -2.38. The highest BCUT2D eigenvalue weighted by Gasteiger charge is 2.33. The second-order valence-corrected chi connectivity index (χ2v) is 23.0. The number of hydrogen-bond acceptors (Lipinski definition) is 0. The average Bonchev–Trinajstić information content (AvgIpc) is 3.31. The molecule has 0 radical (unpaired) electrons. The Hall–Kier alpha value is -1.56. The van der Waals surface area contributed by atoms with Gasteiger partial charge >= 0.3 is 0 Å². The molecule has 0 heterocycles. The SMILES string of the molecule is CCC1CCC(C2CCC(C)CC2)CC1.CCCC1CCC(C2CCC(c3ccc(C)cc3)CC2)CC1.CCCc1ccc(C2CCC(C3CCC(CCC)CC3)CC2)cc1. The number of hydrogen-bond donors (Lipinski definition) is 0. The van der Waals surface area contributed by atoms with Gasteiger partial charge in [0.1, 0.15) is 0 Å². The first-order chi connectivity index (χ1) is 29.8. The maximum absolute atomic E-state index is 2.43. The molecule has 61 heavy (non-hydrogen) atoms. The highest BCUT2D eigenvalue weighted by molar-refractivity contribution is 5.26. The van der Waals surface area contributed by atoms with E-state index < -0.39 is 0 Å². The van der Waals surface area contributed by atoms with Gasteiger partial charge in [0, 0.05) is 0 Å². The summed E-state index contributed by atoms with van der Waals surface area (Å²) in [6.45, 7) is 14.0. The van der Waals surface area contributed by atoms with Crippen LogP contribution in [-0.4, -0.2) is 0 Å².